The van der Waals surface area contributed by atoms with Gasteiger partial charge in [0.15, 0.2) is 11.0 Å². The Morgan fingerprint density at radius 3 is 2.55 bits per heavy atom. The molecule has 2 N–H and O–H groups in total. The molecule has 0 radical (unpaired) electrons. The Bertz CT molecular complexity index is 1010. The van der Waals surface area contributed by atoms with Gasteiger partial charge in [-0.3, -0.25) is 4.79 Å². The normalized spacial score (nSPS) is 10.8. The van der Waals surface area contributed by atoms with E-state index < -0.39 is 0 Å². The van der Waals surface area contributed by atoms with Gasteiger partial charge >= 0.3 is 0 Å². The Hall–Kier alpha value is -2.32. The van der Waals surface area contributed by atoms with Crippen molar-refractivity contribution >= 4 is 45.0 Å². The van der Waals surface area contributed by atoms with Gasteiger partial charge in [-0.2, -0.15) is 0 Å². The second-order valence-electron chi connectivity index (χ2n) is 6.90. The van der Waals surface area contributed by atoms with Crippen molar-refractivity contribution in [1.29, 1.82) is 0 Å². The van der Waals surface area contributed by atoms with Crippen molar-refractivity contribution in [3.63, 3.8) is 0 Å². The lowest BCUT2D eigenvalue weighted by Gasteiger charge is -2.12. The number of benzene rings is 2. The van der Waals surface area contributed by atoms with E-state index in [0.29, 0.717) is 11.7 Å². The molecule has 3 aromatic rings. The lowest BCUT2D eigenvalue weighted by molar-refractivity contribution is -0.113. The summed E-state index contributed by atoms with van der Waals surface area (Å²) in [6.07, 6.45) is 0. The molecule has 8 heteroatoms. The average molecular weight is 474 g/mol. The number of hydrogen-bond acceptors (Lipinski definition) is 5. The number of carbonyl (C=O) groups is 1. The lowest BCUT2D eigenvalue weighted by Crippen LogP contribution is -2.15. The number of nitrogens with zero attached hydrogens (tertiary/aromatic N) is 3. The van der Waals surface area contributed by atoms with Crippen LogP contribution in [0.1, 0.15) is 22.5 Å². The SMILES string of the molecule is Cc1ccc(NC(=O)CSc2nnc(CNc3c(C)cccc3C)n2C)c(Br)c1. The van der Waals surface area contributed by atoms with Crippen molar-refractivity contribution in [2.75, 3.05) is 16.4 Å². The van der Waals surface area contributed by atoms with E-state index in [-0.39, 0.29) is 11.7 Å². The first-order valence-corrected chi connectivity index (χ1v) is 11.0. The van der Waals surface area contributed by atoms with Crippen molar-refractivity contribution in [2.45, 2.75) is 32.5 Å². The Labute approximate surface area is 183 Å². The number of thioether (sulfide) groups is 1. The van der Waals surface area contributed by atoms with Crippen LogP contribution in [-0.4, -0.2) is 26.4 Å². The molecule has 0 saturated carbocycles. The highest BCUT2D eigenvalue weighted by molar-refractivity contribution is 9.10. The minimum absolute atomic E-state index is 0.0854. The van der Waals surface area contributed by atoms with E-state index in [1.165, 1.54) is 22.9 Å². The number of anilines is 2. The fourth-order valence-corrected chi connectivity index (χ4v) is 4.25. The van der Waals surface area contributed by atoms with Gasteiger partial charge in [0.1, 0.15) is 0 Å². The third-order valence-corrected chi connectivity index (χ3v) is 6.24. The highest BCUT2D eigenvalue weighted by Gasteiger charge is 2.13. The molecule has 152 valence electrons. The van der Waals surface area contributed by atoms with Gasteiger partial charge in [-0.05, 0) is 65.5 Å². The van der Waals surface area contributed by atoms with Crippen LogP contribution in [0.15, 0.2) is 46.0 Å². The summed E-state index contributed by atoms with van der Waals surface area (Å²) in [6, 6.07) is 12.0. The van der Waals surface area contributed by atoms with Gasteiger partial charge in [0, 0.05) is 17.2 Å². The van der Waals surface area contributed by atoms with E-state index in [0.717, 1.165) is 27.2 Å². The Morgan fingerprint density at radius 2 is 1.86 bits per heavy atom. The van der Waals surface area contributed by atoms with Crippen LogP contribution in [-0.2, 0) is 18.4 Å². The van der Waals surface area contributed by atoms with E-state index in [1.807, 2.05) is 42.8 Å². The fourth-order valence-electron chi connectivity index (χ4n) is 2.92. The van der Waals surface area contributed by atoms with Crippen molar-refractivity contribution in [2.24, 2.45) is 7.05 Å². The summed E-state index contributed by atoms with van der Waals surface area (Å²) in [5.74, 6) is 0.992. The fraction of sp³-hybridized carbons (Fsp3) is 0.286. The Kier molecular flexibility index (Phi) is 6.97. The second kappa shape index (κ2) is 9.45. The average Bonchev–Trinajstić information content (AvgIpc) is 3.02. The summed E-state index contributed by atoms with van der Waals surface area (Å²) in [4.78, 5) is 12.3. The van der Waals surface area contributed by atoms with Crippen molar-refractivity contribution in [3.05, 3.63) is 63.4 Å². The smallest absolute Gasteiger partial charge is 0.234 e. The van der Waals surface area contributed by atoms with Crippen LogP contribution in [0.3, 0.4) is 0 Å². The van der Waals surface area contributed by atoms with Crippen LogP contribution >= 0.6 is 27.7 Å². The number of amides is 1. The number of nitrogens with one attached hydrogen (secondary N) is 2. The van der Waals surface area contributed by atoms with E-state index in [4.69, 9.17) is 0 Å². The maximum Gasteiger partial charge on any atom is 0.234 e. The molecule has 6 nitrogen and oxygen atoms in total. The highest BCUT2D eigenvalue weighted by Crippen LogP contribution is 2.24. The molecule has 0 unspecified atom stereocenters. The number of rotatable bonds is 7. The number of aryl methyl sites for hydroxylation is 3. The first-order valence-electron chi connectivity index (χ1n) is 9.22. The largest absolute Gasteiger partial charge is 0.377 e. The molecule has 0 aliphatic rings. The van der Waals surface area contributed by atoms with Gasteiger partial charge in [0.05, 0.1) is 18.0 Å². The zero-order valence-electron chi connectivity index (χ0n) is 16.9. The summed E-state index contributed by atoms with van der Waals surface area (Å²) >= 11 is 4.84. The predicted molar refractivity (Wildman–Crippen MR) is 122 cm³/mol. The Balaban J connectivity index is 1.57. The minimum atomic E-state index is -0.0854. The van der Waals surface area contributed by atoms with Crippen LogP contribution in [0.5, 0.6) is 0 Å². The quantitative estimate of drug-likeness (QED) is 0.480. The van der Waals surface area contributed by atoms with E-state index in [2.05, 4.69) is 62.7 Å². The first-order chi connectivity index (χ1) is 13.8. The van der Waals surface area contributed by atoms with Crippen LogP contribution in [0, 0.1) is 20.8 Å². The third kappa shape index (κ3) is 5.39. The molecular formula is C21H24BrN5OS. The molecule has 0 saturated heterocycles. The van der Waals surface area contributed by atoms with E-state index in [1.54, 1.807) is 0 Å². The number of carbonyl (C=O) groups excluding carboxylic acids is 1. The first kappa shape index (κ1) is 21.4. The predicted octanol–water partition coefficient (Wildman–Crippen LogP) is 4.85. The lowest BCUT2D eigenvalue weighted by atomic mass is 10.1. The van der Waals surface area contributed by atoms with Gasteiger partial charge in [-0.25, -0.2) is 0 Å². The third-order valence-electron chi connectivity index (χ3n) is 4.56. The molecule has 0 spiro atoms. The maximum absolute atomic E-state index is 12.3. The molecular weight excluding hydrogens is 450 g/mol. The van der Waals surface area contributed by atoms with Crippen LogP contribution < -0.4 is 10.6 Å². The van der Waals surface area contributed by atoms with Crippen LogP contribution in [0.25, 0.3) is 0 Å². The number of halogens is 1. The van der Waals surface area contributed by atoms with Crippen molar-refractivity contribution in [1.82, 2.24) is 14.8 Å². The minimum Gasteiger partial charge on any atom is -0.377 e. The molecule has 1 aromatic heterocycles. The van der Waals surface area contributed by atoms with Crippen LogP contribution in [0.2, 0.25) is 0 Å². The number of hydrogen-bond donors (Lipinski definition) is 2. The van der Waals surface area contributed by atoms with Gasteiger partial charge in [0.2, 0.25) is 5.91 Å². The molecule has 29 heavy (non-hydrogen) atoms. The summed E-state index contributed by atoms with van der Waals surface area (Å²) in [5.41, 5.74) is 5.40. The van der Waals surface area contributed by atoms with Crippen molar-refractivity contribution in [3.8, 4) is 0 Å². The molecule has 1 heterocycles. The summed E-state index contributed by atoms with van der Waals surface area (Å²) in [7, 11) is 1.92. The molecule has 0 bridgehead atoms. The van der Waals surface area contributed by atoms with E-state index in [9.17, 15) is 4.79 Å². The van der Waals surface area contributed by atoms with Gasteiger partial charge in [0.25, 0.3) is 0 Å². The van der Waals surface area contributed by atoms with Gasteiger partial charge < -0.3 is 15.2 Å². The van der Waals surface area contributed by atoms with Gasteiger partial charge in [-0.1, -0.05) is 36.0 Å². The van der Waals surface area contributed by atoms with Crippen molar-refractivity contribution < 1.29 is 4.79 Å². The monoisotopic (exact) mass is 473 g/mol. The number of aromatic nitrogens is 3. The van der Waals surface area contributed by atoms with Crippen LogP contribution in [0.4, 0.5) is 11.4 Å². The summed E-state index contributed by atoms with van der Waals surface area (Å²) in [6.45, 7) is 6.74. The molecule has 1 amide bonds. The highest BCUT2D eigenvalue weighted by atomic mass is 79.9. The van der Waals surface area contributed by atoms with E-state index >= 15 is 0 Å². The zero-order chi connectivity index (χ0) is 21.0. The maximum atomic E-state index is 12.3. The molecule has 0 fully saturated rings. The molecule has 3 rings (SSSR count). The second-order valence-corrected chi connectivity index (χ2v) is 8.70. The standard InChI is InChI=1S/C21H24BrN5OS/c1-13-8-9-17(16(22)10-13)24-19(28)12-29-21-26-25-18(27(21)4)11-23-20-14(2)6-5-7-15(20)3/h5-10,23H,11-12H2,1-4H3,(H,24,28). The zero-order valence-corrected chi connectivity index (χ0v) is 19.3. The number of para-hydroxylation sites is 1. The molecule has 2 aromatic carbocycles. The summed E-state index contributed by atoms with van der Waals surface area (Å²) < 4.78 is 2.79. The molecule has 0 aliphatic heterocycles. The molecule has 0 aliphatic carbocycles. The topological polar surface area (TPSA) is 71.8 Å². The van der Waals surface area contributed by atoms with Gasteiger partial charge in [-0.15, -0.1) is 10.2 Å². The molecule has 0 atom stereocenters. The summed E-state index contributed by atoms with van der Waals surface area (Å²) in [5, 5.41) is 15.6. The Morgan fingerprint density at radius 1 is 1.14 bits per heavy atom.